The lowest BCUT2D eigenvalue weighted by Crippen LogP contribution is -2.27. The van der Waals surface area contributed by atoms with Crippen molar-refractivity contribution >= 4 is 17.3 Å². The number of amides is 1. The van der Waals surface area contributed by atoms with Gasteiger partial charge in [0.1, 0.15) is 0 Å². The predicted molar refractivity (Wildman–Crippen MR) is 87.2 cm³/mol. The van der Waals surface area contributed by atoms with E-state index in [-0.39, 0.29) is 0 Å². The van der Waals surface area contributed by atoms with E-state index in [4.69, 9.17) is 11.5 Å². The summed E-state index contributed by atoms with van der Waals surface area (Å²) in [5.41, 5.74) is 14.7. The lowest BCUT2D eigenvalue weighted by molar-refractivity contribution is 0.100. The molecular formula is C17H21N3O. The normalized spacial score (nSPS) is 10.3. The third-order valence-electron chi connectivity index (χ3n) is 3.42. The van der Waals surface area contributed by atoms with Crippen molar-refractivity contribution in [1.82, 2.24) is 0 Å². The highest BCUT2D eigenvalue weighted by Gasteiger charge is 2.14. The molecule has 0 saturated carbocycles. The molecule has 2 rings (SSSR count). The molecule has 110 valence electrons. The van der Waals surface area contributed by atoms with Crippen LogP contribution in [0.25, 0.3) is 0 Å². The van der Waals surface area contributed by atoms with E-state index in [0.717, 1.165) is 29.9 Å². The minimum atomic E-state index is -0.410. The van der Waals surface area contributed by atoms with Crippen molar-refractivity contribution in [3.63, 3.8) is 0 Å². The summed E-state index contributed by atoms with van der Waals surface area (Å²) in [5, 5.41) is 0. The second-order valence-corrected chi connectivity index (χ2v) is 5.00. The third kappa shape index (κ3) is 3.54. The van der Waals surface area contributed by atoms with Crippen LogP contribution < -0.4 is 16.4 Å². The molecule has 4 heteroatoms. The average Bonchev–Trinajstić information content (AvgIpc) is 2.49. The van der Waals surface area contributed by atoms with Crippen LogP contribution in [0.4, 0.5) is 11.4 Å². The van der Waals surface area contributed by atoms with Crippen LogP contribution in [0, 0.1) is 0 Å². The second-order valence-electron chi connectivity index (χ2n) is 5.00. The minimum absolute atomic E-state index is 0.410. The van der Waals surface area contributed by atoms with E-state index in [1.165, 1.54) is 0 Å². The lowest BCUT2D eigenvalue weighted by Gasteiger charge is -2.26. The number of anilines is 2. The smallest absolute Gasteiger partial charge is 0.250 e. The fraction of sp³-hybridized carbons (Fsp3) is 0.235. The van der Waals surface area contributed by atoms with Crippen molar-refractivity contribution in [1.29, 1.82) is 0 Å². The molecule has 0 bridgehead atoms. The molecule has 1 amide bonds. The summed E-state index contributed by atoms with van der Waals surface area (Å²) in [6, 6.07) is 15.2. The monoisotopic (exact) mass is 283 g/mol. The van der Waals surface area contributed by atoms with Crippen molar-refractivity contribution in [2.75, 3.05) is 17.2 Å². The number of rotatable bonds is 6. The summed E-state index contributed by atoms with van der Waals surface area (Å²) in [4.78, 5) is 13.8. The number of carbonyl (C=O) groups is 1. The van der Waals surface area contributed by atoms with Crippen LogP contribution in [0.2, 0.25) is 0 Å². The molecule has 0 fully saturated rings. The third-order valence-corrected chi connectivity index (χ3v) is 3.42. The summed E-state index contributed by atoms with van der Waals surface area (Å²) in [6.45, 7) is 3.59. The van der Waals surface area contributed by atoms with Gasteiger partial charge in [0.15, 0.2) is 0 Å². The molecule has 4 nitrogen and oxygen atoms in total. The highest BCUT2D eigenvalue weighted by atomic mass is 16.1. The first kappa shape index (κ1) is 14.9. The van der Waals surface area contributed by atoms with Crippen LogP contribution in [0.5, 0.6) is 0 Å². The van der Waals surface area contributed by atoms with Crippen molar-refractivity contribution in [2.45, 2.75) is 19.9 Å². The van der Waals surface area contributed by atoms with Gasteiger partial charge in [0.05, 0.1) is 5.56 Å². The molecule has 0 aliphatic rings. The highest BCUT2D eigenvalue weighted by molar-refractivity contribution is 5.98. The zero-order valence-electron chi connectivity index (χ0n) is 12.3. The van der Waals surface area contributed by atoms with Gasteiger partial charge in [-0.05, 0) is 30.2 Å². The van der Waals surface area contributed by atoms with Gasteiger partial charge in [-0.3, -0.25) is 4.79 Å². The molecule has 0 aromatic heterocycles. The van der Waals surface area contributed by atoms with Crippen molar-refractivity contribution < 1.29 is 4.79 Å². The number of benzene rings is 2. The maximum atomic E-state index is 11.6. The predicted octanol–water partition coefficient (Wildman–Crippen LogP) is 2.78. The van der Waals surface area contributed by atoms with Crippen LogP contribution in [0.15, 0.2) is 48.5 Å². The molecular weight excluding hydrogens is 262 g/mol. The van der Waals surface area contributed by atoms with E-state index >= 15 is 0 Å². The van der Waals surface area contributed by atoms with Gasteiger partial charge in [-0.25, -0.2) is 0 Å². The summed E-state index contributed by atoms with van der Waals surface area (Å²) < 4.78 is 0. The number of nitrogens with zero attached hydrogens (tertiary/aromatic N) is 1. The molecule has 2 aromatic carbocycles. The topological polar surface area (TPSA) is 72.3 Å². The summed E-state index contributed by atoms with van der Waals surface area (Å²) in [7, 11) is 0. The Hall–Kier alpha value is -2.49. The Morgan fingerprint density at radius 3 is 2.43 bits per heavy atom. The van der Waals surface area contributed by atoms with E-state index in [1.54, 1.807) is 6.07 Å². The van der Waals surface area contributed by atoms with Gasteiger partial charge >= 0.3 is 0 Å². The van der Waals surface area contributed by atoms with Gasteiger partial charge in [-0.1, -0.05) is 37.3 Å². The molecule has 0 aliphatic heterocycles. The molecule has 2 aromatic rings. The number of carbonyl (C=O) groups excluding carboxylic acids is 1. The molecule has 0 aliphatic carbocycles. The van der Waals surface area contributed by atoms with Gasteiger partial charge in [-0.15, -0.1) is 0 Å². The van der Waals surface area contributed by atoms with Crippen LogP contribution >= 0.6 is 0 Å². The highest BCUT2D eigenvalue weighted by Crippen LogP contribution is 2.24. The molecule has 0 heterocycles. The van der Waals surface area contributed by atoms with Gasteiger partial charge in [-0.2, -0.15) is 0 Å². The van der Waals surface area contributed by atoms with Crippen molar-refractivity contribution in [2.24, 2.45) is 5.73 Å². The maximum Gasteiger partial charge on any atom is 0.250 e. The van der Waals surface area contributed by atoms with E-state index < -0.39 is 5.91 Å². The Labute approximate surface area is 125 Å². The molecule has 0 atom stereocenters. The zero-order chi connectivity index (χ0) is 15.2. The van der Waals surface area contributed by atoms with Crippen LogP contribution in [-0.2, 0) is 6.54 Å². The molecule has 21 heavy (non-hydrogen) atoms. The zero-order valence-corrected chi connectivity index (χ0v) is 12.3. The number of para-hydroxylation sites is 2. The first-order valence-corrected chi connectivity index (χ1v) is 7.10. The summed E-state index contributed by atoms with van der Waals surface area (Å²) >= 11 is 0. The Bertz CT molecular complexity index is 625. The first-order valence-electron chi connectivity index (χ1n) is 7.10. The standard InChI is InChI=1S/C17H21N3O/c1-2-11-20(12-13-7-3-5-9-15(13)18)16-10-6-4-8-14(16)17(19)21/h3-10H,2,11-12,18H2,1H3,(H2,19,21). The van der Waals surface area contributed by atoms with Crippen molar-refractivity contribution in [3.8, 4) is 0 Å². The lowest BCUT2D eigenvalue weighted by atomic mass is 10.1. The number of nitrogen functional groups attached to an aromatic ring is 1. The van der Waals surface area contributed by atoms with E-state index in [1.807, 2.05) is 42.5 Å². The number of hydrogen-bond acceptors (Lipinski definition) is 3. The quantitative estimate of drug-likeness (QED) is 0.801. The summed E-state index contributed by atoms with van der Waals surface area (Å²) in [5.74, 6) is -0.410. The number of hydrogen-bond donors (Lipinski definition) is 2. The summed E-state index contributed by atoms with van der Waals surface area (Å²) in [6.07, 6.45) is 0.972. The maximum absolute atomic E-state index is 11.6. The van der Waals surface area contributed by atoms with Crippen LogP contribution in [0.1, 0.15) is 29.3 Å². The van der Waals surface area contributed by atoms with Gasteiger partial charge in [0.2, 0.25) is 0 Å². The number of primary amides is 1. The molecule has 0 unspecified atom stereocenters. The van der Waals surface area contributed by atoms with Gasteiger partial charge in [0.25, 0.3) is 5.91 Å². The van der Waals surface area contributed by atoms with Crippen LogP contribution in [0.3, 0.4) is 0 Å². The molecule has 0 spiro atoms. The fourth-order valence-electron chi connectivity index (χ4n) is 2.40. The average molecular weight is 283 g/mol. The van der Waals surface area contributed by atoms with Crippen molar-refractivity contribution in [3.05, 3.63) is 59.7 Å². The SMILES string of the molecule is CCCN(Cc1ccccc1N)c1ccccc1C(N)=O. The number of nitrogens with two attached hydrogens (primary N) is 2. The second kappa shape index (κ2) is 6.79. The Kier molecular flexibility index (Phi) is 4.82. The van der Waals surface area contributed by atoms with Crippen LogP contribution in [-0.4, -0.2) is 12.5 Å². The van der Waals surface area contributed by atoms with Gasteiger partial charge in [0, 0.05) is 24.5 Å². The minimum Gasteiger partial charge on any atom is -0.398 e. The Balaban J connectivity index is 2.36. The largest absolute Gasteiger partial charge is 0.398 e. The fourth-order valence-corrected chi connectivity index (χ4v) is 2.40. The molecule has 4 N–H and O–H groups in total. The van der Waals surface area contributed by atoms with E-state index in [0.29, 0.717) is 12.1 Å². The Morgan fingerprint density at radius 1 is 1.10 bits per heavy atom. The first-order chi connectivity index (χ1) is 10.1. The molecule has 0 saturated heterocycles. The van der Waals surface area contributed by atoms with E-state index in [9.17, 15) is 4.79 Å². The molecule has 0 radical (unpaired) electrons. The van der Waals surface area contributed by atoms with Gasteiger partial charge < -0.3 is 16.4 Å². The van der Waals surface area contributed by atoms with E-state index in [2.05, 4.69) is 11.8 Å². The Morgan fingerprint density at radius 2 is 1.76 bits per heavy atom.